The molecule has 0 aromatic heterocycles. The lowest BCUT2D eigenvalue weighted by molar-refractivity contribution is -0.152. The van der Waals surface area contributed by atoms with Crippen LogP contribution < -0.4 is 10.6 Å². The van der Waals surface area contributed by atoms with Gasteiger partial charge in [-0.2, -0.15) is 0 Å². The molecule has 0 aliphatic rings. The molecule has 2 amide bonds. The molecule has 0 unspecified atom stereocenters. The molecule has 0 radical (unpaired) electrons. The summed E-state index contributed by atoms with van der Waals surface area (Å²) >= 11 is 11.7. The van der Waals surface area contributed by atoms with Crippen LogP contribution in [0.3, 0.4) is 0 Å². The summed E-state index contributed by atoms with van der Waals surface area (Å²) in [4.78, 5) is 36.0. The Morgan fingerprint density at radius 2 is 1.67 bits per heavy atom. The number of halogens is 2. The number of nitrogens with one attached hydrogen (secondary N) is 2. The largest absolute Gasteiger partial charge is 0.451 e. The minimum atomic E-state index is -1.04. The molecule has 0 bridgehead atoms. The van der Waals surface area contributed by atoms with E-state index in [1.54, 1.807) is 30.3 Å². The van der Waals surface area contributed by atoms with E-state index >= 15 is 0 Å². The Morgan fingerprint density at radius 3 is 2.33 bits per heavy atom. The molecule has 2 N–H and O–H groups in total. The van der Waals surface area contributed by atoms with Gasteiger partial charge in [-0.15, -0.1) is 0 Å². The number of benzene rings is 2. The highest BCUT2D eigenvalue weighted by atomic mass is 35.5. The van der Waals surface area contributed by atoms with Crippen molar-refractivity contribution < 1.29 is 19.1 Å². The van der Waals surface area contributed by atoms with Crippen molar-refractivity contribution in [2.75, 3.05) is 11.9 Å². The van der Waals surface area contributed by atoms with E-state index in [0.29, 0.717) is 21.3 Å². The van der Waals surface area contributed by atoms with Gasteiger partial charge in [0, 0.05) is 21.3 Å². The molecule has 2 rings (SSSR count). The molecule has 0 spiro atoms. The zero-order valence-electron chi connectivity index (χ0n) is 14.7. The predicted octanol–water partition coefficient (Wildman–Crippen LogP) is 3.60. The Morgan fingerprint density at radius 1 is 1.04 bits per heavy atom. The third kappa shape index (κ3) is 6.27. The highest BCUT2D eigenvalue weighted by Gasteiger charge is 2.19. The summed E-state index contributed by atoms with van der Waals surface area (Å²) in [6.45, 7) is 2.89. The fourth-order valence-corrected chi connectivity index (χ4v) is 2.41. The molecule has 1 atom stereocenters. The first kappa shape index (κ1) is 20.7. The quantitative estimate of drug-likeness (QED) is 0.714. The molecular formula is C19H18Cl2N2O4. The maximum Gasteiger partial charge on any atom is 0.326 e. The summed E-state index contributed by atoms with van der Waals surface area (Å²) in [6.07, 6.45) is -1.04. The lowest BCUT2D eigenvalue weighted by atomic mass is 10.2. The van der Waals surface area contributed by atoms with Crippen LogP contribution in [0.15, 0.2) is 42.5 Å². The van der Waals surface area contributed by atoms with Gasteiger partial charge in [-0.1, -0.05) is 29.3 Å². The molecule has 0 fully saturated rings. The number of hydrogen-bond donors (Lipinski definition) is 2. The third-order valence-corrected chi connectivity index (χ3v) is 4.12. The molecule has 27 heavy (non-hydrogen) atoms. The Bertz CT molecular complexity index is 853. The smallest absolute Gasteiger partial charge is 0.326 e. The Balaban J connectivity index is 1.83. The minimum absolute atomic E-state index is 0.356. The SMILES string of the molecule is Cc1ccc(Cl)cc1NC(=O)[C@@H](C)OC(=O)CNC(=O)c1ccc(Cl)cc1. The summed E-state index contributed by atoms with van der Waals surface area (Å²) in [5.74, 6) is -1.68. The second kappa shape index (κ2) is 9.39. The first-order chi connectivity index (χ1) is 12.8. The molecule has 0 saturated heterocycles. The number of ether oxygens (including phenoxy) is 1. The molecule has 8 heteroatoms. The first-order valence-corrected chi connectivity index (χ1v) is 8.82. The lowest BCUT2D eigenvalue weighted by Gasteiger charge is -2.15. The van der Waals surface area contributed by atoms with Gasteiger partial charge < -0.3 is 15.4 Å². The summed E-state index contributed by atoms with van der Waals surface area (Å²) in [5, 5.41) is 6.05. The molecule has 0 aliphatic heterocycles. The summed E-state index contributed by atoms with van der Waals surface area (Å²) in [7, 11) is 0. The number of anilines is 1. The van der Waals surface area contributed by atoms with E-state index in [4.69, 9.17) is 27.9 Å². The van der Waals surface area contributed by atoms with Crippen LogP contribution in [0.4, 0.5) is 5.69 Å². The standard InChI is InChI=1S/C19H18Cl2N2O4/c1-11-3-6-15(21)9-16(11)23-18(25)12(2)27-17(24)10-22-19(26)13-4-7-14(20)8-5-13/h3-9,12H,10H2,1-2H3,(H,22,26)(H,23,25)/t12-/m1/s1. The van der Waals surface area contributed by atoms with Crippen molar-refractivity contribution in [1.29, 1.82) is 0 Å². The summed E-state index contributed by atoms with van der Waals surface area (Å²) in [6, 6.07) is 11.3. The van der Waals surface area contributed by atoms with E-state index < -0.39 is 23.9 Å². The molecular weight excluding hydrogens is 391 g/mol. The van der Waals surface area contributed by atoms with E-state index in [0.717, 1.165) is 5.56 Å². The minimum Gasteiger partial charge on any atom is -0.451 e. The normalized spacial score (nSPS) is 11.4. The molecule has 6 nitrogen and oxygen atoms in total. The van der Waals surface area contributed by atoms with Crippen molar-refractivity contribution in [2.45, 2.75) is 20.0 Å². The molecule has 0 saturated carbocycles. The predicted molar refractivity (Wildman–Crippen MR) is 104 cm³/mol. The number of hydrogen-bond acceptors (Lipinski definition) is 4. The zero-order valence-corrected chi connectivity index (χ0v) is 16.2. The van der Waals surface area contributed by atoms with E-state index in [2.05, 4.69) is 10.6 Å². The van der Waals surface area contributed by atoms with Gasteiger partial charge in [0.2, 0.25) is 0 Å². The average molecular weight is 409 g/mol. The molecule has 0 aliphatic carbocycles. The number of carbonyl (C=O) groups is 3. The van der Waals surface area contributed by atoms with E-state index in [1.807, 2.05) is 6.92 Å². The van der Waals surface area contributed by atoms with Crippen LogP contribution in [0, 0.1) is 6.92 Å². The van der Waals surface area contributed by atoms with Gasteiger partial charge in [0.1, 0.15) is 6.54 Å². The highest BCUT2D eigenvalue weighted by Crippen LogP contribution is 2.20. The Labute approximate surface area is 166 Å². The molecule has 2 aromatic rings. The Hall–Kier alpha value is -2.57. The van der Waals surface area contributed by atoms with Crippen molar-refractivity contribution in [1.82, 2.24) is 5.32 Å². The fourth-order valence-electron chi connectivity index (χ4n) is 2.11. The van der Waals surface area contributed by atoms with Crippen molar-refractivity contribution in [3.05, 3.63) is 63.6 Å². The van der Waals surface area contributed by atoms with Crippen molar-refractivity contribution >= 4 is 46.7 Å². The second-order valence-corrected chi connectivity index (χ2v) is 6.64. The van der Waals surface area contributed by atoms with Crippen LogP contribution in [0.5, 0.6) is 0 Å². The van der Waals surface area contributed by atoms with Gasteiger partial charge in [0.15, 0.2) is 6.10 Å². The summed E-state index contributed by atoms with van der Waals surface area (Å²) in [5.41, 5.74) is 1.71. The highest BCUT2D eigenvalue weighted by molar-refractivity contribution is 6.31. The van der Waals surface area contributed by atoms with Crippen molar-refractivity contribution in [2.24, 2.45) is 0 Å². The molecule has 0 heterocycles. The maximum absolute atomic E-state index is 12.2. The lowest BCUT2D eigenvalue weighted by Crippen LogP contribution is -2.35. The monoisotopic (exact) mass is 408 g/mol. The molecule has 2 aromatic carbocycles. The van der Waals surface area contributed by atoms with E-state index in [1.165, 1.54) is 19.1 Å². The number of rotatable bonds is 6. The first-order valence-electron chi connectivity index (χ1n) is 8.06. The van der Waals surface area contributed by atoms with Gasteiger partial charge in [0.05, 0.1) is 0 Å². The average Bonchev–Trinajstić information content (AvgIpc) is 2.63. The van der Waals surface area contributed by atoms with Crippen LogP contribution >= 0.6 is 23.2 Å². The van der Waals surface area contributed by atoms with Gasteiger partial charge in [0.25, 0.3) is 11.8 Å². The number of carbonyl (C=O) groups excluding carboxylic acids is 3. The van der Waals surface area contributed by atoms with Crippen LogP contribution in [-0.4, -0.2) is 30.4 Å². The topological polar surface area (TPSA) is 84.5 Å². The van der Waals surface area contributed by atoms with Crippen molar-refractivity contribution in [3.63, 3.8) is 0 Å². The van der Waals surface area contributed by atoms with Gasteiger partial charge in [-0.25, -0.2) is 0 Å². The summed E-state index contributed by atoms with van der Waals surface area (Å²) < 4.78 is 5.04. The van der Waals surface area contributed by atoms with Crippen LogP contribution in [0.2, 0.25) is 10.0 Å². The van der Waals surface area contributed by atoms with E-state index in [9.17, 15) is 14.4 Å². The second-order valence-electron chi connectivity index (χ2n) is 5.77. The van der Waals surface area contributed by atoms with Crippen LogP contribution in [-0.2, 0) is 14.3 Å². The van der Waals surface area contributed by atoms with Crippen LogP contribution in [0.25, 0.3) is 0 Å². The fraction of sp³-hybridized carbons (Fsp3) is 0.211. The zero-order chi connectivity index (χ0) is 20.0. The van der Waals surface area contributed by atoms with Gasteiger partial charge >= 0.3 is 5.97 Å². The number of esters is 1. The Kier molecular flexibility index (Phi) is 7.21. The maximum atomic E-state index is 12.2. The number of aryl methyl sites for hydroxylation is 1. The third-order valence-electron chi connectivity index (χ3n) is 3.63. The van der Waals surface area contributed by atoms with Gasteiger partial charge in [-0.05, 0) is 55.8 Å². The number of amides is 2. The van der Waals surface area contributed by atoms with Gasteiger partial charge in [-0.3, -0.25) is 14.4 Å². The molecule has 142 valence electrons. The van der Waals surface area contributed by atoms with Crippen molar-refractivity contribution in [3.8, 4) is 0 Å². The van der Waals surface area contributed by atoms with Crippen LogP contribution in [0.1, 0.15) is 22.8 Å². The van der Waals surface area contributed by atoms with E-state index in [-0.39, 0.29) is 6.54 Å².